The Labute approximate surface area is 152 Å². The van der Waals surface area contributed by atoms with Crippen LogP contribution in [0.3, 0.4) is 0 Å². The molecule has 1 aromatic heterocycles. The number of hydrogen-bond acceptors (Lipinski definition) is 4. The molecule has 1 atom stereocenters. The molecule has 1 heterocycles. The van der Waals surface area contributed by atoms with Crippen LogP contribution in [0.25, 0.3) is 16.6 Å². The number of phenolic OH excluding ortho intramolecular Hbond substituents is 1. The lowest BCUT2D eigenvalue weighted by Gasteiger charge is -2.19. The Kier molecular flexibility index (Phi) is 4.83. The van der Waals surface area contributed by atoms with E-state index < -0.39 is 6.10 Å². The molecule has 0 bridgehead atoms. The van der Waals surface area contributed by atoms with Crippen LogP contribution in [0.15, 0.2) is 41.2 Å². The summed E-state index contributed by atoms with van der Waals surface area (Å²) in [7, 11) is 0. The molecule has 0 spiro atoms. The zero-order valence-corrected chi connectivity index (χ0v) is 15.5. The number of hydrogen-bond donors (Lipinski definition) is 2. The number of benzene rings is 2. The van der Waals surface area contributed by atoms with Gasteiger partial charge in [-0.25, -0.2) is 4.98 Å². The second-order valence-corrected chi connectivity index (χ2v) is 6.92. The van der Waals surface area contributed by atoms with Crippen LogP contribution in [0.4, 0.5) is 0 Å². The first-order valence-corrected chi connectivity index (χ1v) is 8.88. The van der Waals surface area contributed by atoms with Gasteiger partial charge < -0.3 is 10.2 Å². The molecule has 0 saturated heterocycles. The van der Waals surface area contributed by atoms with Crippen molar-refractivity contribution in [3.05, 3.63) is 63.7 Å². The molecule has 26 heavy (non-hydrogen) atoms. The van der Waals surface area contributed by atoms with Crippen molar-refractivity contribution < 1.29 is 10.2 Å². The number of aromatic nitrogens is 2. The zero-order chi connectivity index (χ0) is 19.0. The summed E-state index contributed by atoms with van der Waals surface area (Å²) in [5.41, 5.74) is 2.35. The Bertz CT molecular complexity index is 1000. The average Bonchev–Trinajstić information content (AvgIpc) is 2.61. The van der Waals surface area contributed by atoms with E-state index in [4.69, 9.17) is 4.98 Å². The van der Waals surface area contributed by atoms with Gasteiger partial charge in [-0.1, -0.05) is 38.5 Å². The van der Waals surface area contributed by atoms with Gasteiger partial charge in [0, 0.05) is 11.5 Å². The van der Waals surface area contributed by atoms with Gasteiger partial charge >= 0.3 is 0 Å². The number of aliphatic hydroxyl groups is 1. The van der Waals surface area contributed by atoms with E-state index in [0.717, 1.165) is 11.3 Å². The Hall–Kier alpha value is -2.66. The Morgan fingerprint density at radius 2 is 1.77 bits per heavy atom. The van der Waals surface area contributed by atoms with Crippen molar-refractivity contribution in [3.63, 3.8) is 0 Å². The van der Waals surface area contributed by atoms with E-state index in [1.165, 1.54) is 6.07 Å². The van der Waals surface area contributed by atoms with E-state index in [0.29, 0.717) is 28.7 Å². The molecule has 0 amide bonds. The summed E-state index contributed by atoms with van der Waals surface area (Å²) in [6.45, 7) is 7.75. The maximum Gasteiger partial charge on any atom is 0.265 e. The van der Waals surface area contributed by atoms with E-state index in [-0.39, 0.29) is 17.2 Å². The van der Waals surface area contributed by atoms with E-state index in [1.807, 2.05) is 52.0 Å². The zero-order valence-electron chi connectivity index (χ0n) is 15.5. The van der Waals surface area contributed by atoms with Gasteiger partial charge in [0.1, 0.15) is 11.6 Å². The summed E-state index contributed by atoms with van der Waals surface area (Å²) < 4.78 is 1.62. The number of aromatic hydroxyl groups is 1. The number of aryl methyl sites for hydroxylation is 1. The molecule has 5 nitrogen and oxygen atoms in total. The average molecular weight is 352 g/mol. The molecule has 136 valence electrons. The van der Waals surface area contributed by atoms with Crippen molar-refractivity contribution in [2.24, 2.45) is 0 Å². The Morgan fingerprint density at radius 3 is 2.35 bits per heavy atom. The molecular weight excluding hydrogens is 328 g/mol. The lowest BCUT2D eigenvalue weighted by molar-refractivity contribution is 0.171. The van der Waals surface area contributed by atoms with Crippen molar-refractivity contribution in [2.75, 3.05) is 0 Å². The van der Waals surface area contributed by atoms with Crippen molar-refractivity contribution in [2.45, 2.75) is 46.1 Å². The highest BCUT2D eigenvalue weighted by molar-refractivity contribution is 5.84. The fourth-order valence-corrected chi connectivity index (χ4v) is 3.14. The first kappa shape index (κ1) is 18.1. The summed E-state index contributed by atoms with van der Waals surface area (Å²) in [5, 5.41) is 21.0. The molecule has 3 rings (SSSR count). The second-order valence-electron chi connectivity index (χ2n) is 6.92. The molecule has 1 unspecified atom stereocenters. The lowest BCUT2D eigenvalue weighted by atomic mass is 10.0. The molecule has 0 aliphatic carbocycles. The van der Waals surface area contributed by atoms with Gasteiger partial charge in [-0.2, -0.15) is 0 Å². The normalized spacial score (nSPS) is 12.7. The van der Waals surface area contributed by atoms with Crippen LogP contribution in [0.2, 0.25) is 0 Å². The van der Waals surface area contributed by atoms with Gasteiger partial charge in [0.05, 0.1) is 22.7 Å². The lowest BCUT2D eigenvalue weighted by Crippen LogP contribution is -2.25. The van der Waals surface area contributed by atoms with Gasteiger partial charge in [-0.3, -0.25) is 9.36 Å². The minimum atomic E-state index is -0.874. The van der Waals surface area contributed by atoms with Crippen molar-refractivity contribution in [3.8, 4) is 11.4 Å². The van der Waals surface area contributed by atoms with Crippen molar-refractivity contribution >= 4 is 10.9 Å². The van der Waals surface area contributed by atoms with E-state index in [2.05, 4.69) is 0 Å². The Morgan fingerprint density at radius 1 is 1.12 bits per heavy atom. The predicted molar refractivity (Wildman–Crippen MR) is 103 cm³/mol. The summed E-state index contributed by atoms with van der Waals surface area (Å²) in [5.74, 6) is 0.547. The molecule has 0 aliphatic rings. The van der Waals surface area contributed by atoms with Crippen LogP contribution < -0.4 is 5.56 Å². The minimum absolute atomic E-state index is 0.0117. The fourth-order valence-electron chi connectivity index (χ4n) is 3.14. The van der Waals surface area contributed by atoms with Gasteiger partial charge in [0.25, 0.3) is 5.56 Å². The van der Waals surface area contributed by atoms with Gasteiger partial charge in [0.2, 0.25) is 0 Å². The first-order valence-electron chi connectivity index (χ1n) is 8.88. The van der Waals surface area contributed by atoms with Crippen LogP contribution in [-0.2, 0) is 0 Å². The quantitative estimate of drug-likeness (QED) is 0.745. The summed E-state index contributed by atoms with van der Waals surface area (Å²) >= 11 is 0. The number of aliphatic hydroxyl groups excluding tert-OH is 1. The third-order valence-electron chi connectivity index (χ3n) is 4.61. The smallest absolute Gasteiger partial charge is 0.265 e. The first-order chi connectivity index (χ1) is 12.3. The van der Waals surface area contributed by atoms with Crippen LogP contribution in [0, 0.1) is 6.92 Å². The molecule has 0 saturated carbocycles. The van der Waals surface area contributed by atoms with Crippen LogP contribution in [-0.4, -0.2) is 19.8 Å². The van der Waals surface area contributed by atoms with E-state index in [9.17, 15) is 15.0 Å². The third-order valence-corrected chi connectivity index (χ3v) is 4.61. The minimum Gasteiger partial charge on any atom is -0.507 e. The molecule has 5 heteroatoms. The largest absolute Gasteiger partial charge is 0.507 e. The summed E-state index contributed by atoms with van der Waals surface area (Å²) in [4.78, 5) is 18.0. The summed E-state index contributed by atoms with van der Waals surface area (Å²) in [6.07, 6.45) is -0.451. The number of phenols is 1. The second kappa shape index (κ2) is 6.92. The molecule has 0 fully saturated rings. The fraction of sp³-hybridized carbons (Fsp3) is 0.333. The standard InChI is InChI=1S/C21H24N2O3/c1-5-16(24)18-17(25)11-10-15-19(18)22-20(12(2)3)23(21(15)26)14-8-6-13(4)7-9-14/h6-12,16,24-25H,5H2,1-4H3. The van der Waals surface area contributed by atoms with Gasteiger partial charge in [0.15, 0.2) is 0 Å². The van der Waals surface area contributed by atoms with Crippen molar-refractivity contribution in [1.29, 1.82) is 0 Å². The highest BCUT2D eigenvalue weighted by Gasteiger charge is 2.21. The molecular formula is C21H24N2O3. The maximum absolute atomic E-state index is 13.3. The van der Waals surface area contributed by atoms with Crippen LogP contribution in [0.5, 0.6) is 5.75 Å². The topological polar surface area (TPSA) is 75.3 Å². The number of fused-ring (bicyclic) bond motifs is 1. The maximum atomic E-state index is 13.3. The predicted octanol–water partition coefficient (Wildman–Crippen LogP) is 3.97. The number of rotatable bonds is 4. The van der Waals surface area contributed by atoms with Crippen molar-refractivity contribution in [1.82, 2.24) is 9.55 Å². The molecule has 3 aromatic rings. The summed E-state index contributed by atoms with van der Waals surface area (Å²) in [6, 6.07) is 10.7. The van der Waals surface area contributed by atoms with Crippen LogP contribution >= 0.6 is 0 Å². The highest BCUT2D eigenvalue weighted by Crippen LogP contribution is 2.32. The third kappa shape index (κ3) is 2.99. The molecule has 2 aromatic carbocycles. The van der Waals surface area contributed by atoms with E-state index in [1.54, 1.807) is 10.6 Å². The monoisotopic (exact) mass is 352 g/mol. The molecule has 0 radical (unpaired) electrons. The molecule has 0 aliphatic heterocycles. The highest BCUT2D eigenvalue weighted by atomic mass is 16.3. The Balaban J connectivity index is 2.42. The van der Waals surface area contributed by atoms with E-state index >= 15 is 0 Å². The number of nitrogens with zero attached hydrogens (tertiary/aromatic N) is 2. The van der Waals surface area contributed by atoms with Gasteiger partial charge in [-0.05, 0) is 37.6 Å². The van der Waals surface area contributed by atoms with Gasteiger partial charge in [-0.15, -0.1) is 0 Å². The SMILES string of the molecule is CCC(O)c1c(O)ccc2c(=O)n(-c3ccc(C)cc3)c(C(C)C)nc12. The van der Waals surface area contributed by atoms with Crippen LogP contribution in [0.1, 0.15) is 56.2 Å². The molecule has 2 N–H and O–H groups in total.